The third-order valence-electron chi connectivity index (χ3n) is 4.50. The lowest BCUT2D eigenvalue weighted by Gasteiger charge is -2.25. The van der Waals surface area contributed by atoms with Gasteiger partial charge in [-0.05, 0) is 50.6 Å². The van der Waals surface area contributed by atoms with Crippen LogP contribution in [-0.2, 0) is 0 Å². The number of methoxy groups -OCH3 is 1. The molecule has 0 spiro atoms. The highest BCUT2D eigenvalue weighted by molar-refractivity contribution is 8.23. The first-order valence-corrected chi connectivity index (χ1v) is 10.5. The molecule has 0 N–H and O–H groups in total. The predicted octanol–water partition coefficient (Wildman–Crippen LogP) is 5.68. The van der Waals surface area contributed by atoms with Crippen molar-refractivity contribution in [2.45, 2.75) is 32.4 Å². The van der Waals surface area contributed by atoms with E-state index in [2.05, 4.69) is 49.9 Å². The third kappa shape index (κ3) is 6.08. The Balaban J connectivity index is 2.21. The van der Waals surface area contributed by atoms with Gasteiger partial charge in [0, 0.05) is 30.3 Å². The molecule has 0 bridgehead atoms. The van der Waals surface area contributed by atoms with E-state index < -0.39 is 0 Å². The smallest absolute Gasteiger partial charge is 0.164 e. The zero-order valence-electron chi connectivity index (χ0n) is 16.4. The molecule has 0 heterocycles. The lowest BCUT2D eigenvalue weighted by Crippen LogP contribution is -2.27. The van der Waals surface area contributed by atoms with E-state index >= 15 is 0 Å². The largest absolute Gasteiger partial charge is 0.497 e. The summed E-state index contributed by atoms with van der Waals surface area (Å²) in [5.74, 6) is 0.858. The van der Waals surface area contributed by atoms with Gasteiger partial charge in [0.05, 0.1) is 7.11 Å². The molecule has 0 amide bonds. The van der Waals surface area contributed by atoms with Crippen LogP contribution in [0.5, 0.6) is 5.75 Å². The summed E-state index contributed by atoms with van der Waals surface area (Å²) in [6.45, 7) is 8.00. The van der Waals surface area contributed by atoms with Crippen LogP contribution >= 0.6 is 24.0 Å². The summed E-state index contributed by atoms with van der Waals surface area (Å²) in [7, 11) is 1.62. The Labute approximate surface area is 172 Å². The number of nitrogens with zero attached hydrogens (tertiary/aromatic N) is 1. The lowest BCUT2D eigenvalue weighted by atomic mass is 10.0. The van der Waals surface area contributed by atoms with Gasteiger partial charge < -0.3 is 9.64 Å². The van der Waals surface area contributed by atoms with E-state index in [1.807, 2.05) is 24.3 Å². The van der Waals surface area contributed by atoms with Gasteiger partial charge >= 0.3 is 0 Å². The number of ketones is 1. The first-order valence-electron chi connectivity index (χ1n) is 9.17. The molecule has 0 aliphatic heterocycles. The lowest BCUT2D eigenvalue weighted by molar-refractivity contribution is 0.0982. The first-order chi connectivity index (χ1) is 13.0. The van der Waals surface area contributed by atoms with Crippen LogP contribution in [0.25, 0.3) is 0 Å². The molecule has 144 valence electrons. The van der Waals surface area contributed by atoms with E-state index in [0.29, 0.717) is 12.0 Å². The molecule has 0 aliphatic carbocycles. The van der Waals surface area contributed by atoms with Gasteiger partial charge in [0.25, 0.3) is 0 Å². The average molecular weight is 402 g/mol. The Kier molecular flexibility index (Phi) is 8.32. The number of carbonyl (C=O) groups is 1. The van der Waals surface area contributed by atoms with Crippen LogP contribution in [-0.4, -0.2) is 35.2 Å². The minimum absolute atomic E-state index is 0.00620. The molecule has 0 saturated heterocycles. The molecule has 1 atom stereocenters. The van der Waals surface area contributed by atoms with Crippen molar-refractivity contribution in [1.29, 1.82) is 0 Å². The monoisotopic (exact) mass is 401 g/mol. The molecular weight excluding hydrogens is 374 g/mol. The number of ether oxygens (including phenoxy) is 1. The molecule has 0 aromatic heterocycles. The quantitative estimate of drug-likeness (QED) is 0.419. The highest BCUT2D eigenvalue weighted by Crippen LogP contribution is 2.35. The minimum Gasteiger partial charge on any atom is -0.497 e. The second-order valence-electron chi connectivity index (χ2n) is 6.31. The Hall–Kier alpha value is -1.85. The van der Waals surface area contributed by atoms with Crippen molar-refractivity contribution >= 4 is 34.1 Å². The summed E-state index contributed by atoms with van der Waals surface area (Å²) in [5.41, 5.74) is 3.03. The maximum atomic E-state index is 12.9. The molecule has 27 heavy (non-hydrogen) atoms. The number of hydrogen-bond donors (Lipinski definition) is 0. The van der Waals surface area contributed by atoms with Crippen LogP contribution in [0.15, 0.2) is 48.5 Å². The van der Waals surface area contributed by atoms with Crippen LogP contribution in [0.2, 0.25) is 0 Å². The second kappa shape index (κ2) is 10.5. The molecule has 3 nitrogen and oxygen atoms in total. The minimum atomic E-state index is -0.00620. The van der Waals surface area contributed by atoms with E-state index in [-0.39, 0.29) is 11.0 Å². The molecule has 0 saturated carbocycles. The van der Waals surface area contributed by atoms with Crippen molar-refractivity contribution in [3.63, 3.8) is 0 Å². The number of aryl methyl sites for hydroxylation is 1. The first kappa shape index (κ1) is 21.5. The fourth-order valence-corrected chi connectivity index (χ4v) is 4.54. The van der Waals surface area contributed by atoms with Crippen molar-refractivity contribution in [1.82, 2.24) is 4.90 Å². The zero-order chi connectivity index (χ0) is 19.8. The Bertz CT molecular complexity index is 753. The number of thiocarbonyl (C=S) groups is 1. The predicted molar refractivity (Wildman–Crippen MR) is 119 cm³/mol. The second-order valence-corrected chi connectivity index (χ2v) is 8.15. The number of benzene rings is 2. The zero-order valence-corrected chi connectivity index (χ0v) is 18.0. The molecule has 2 rings (SSSR count). The Morgan fingerprint density at radius 3 is 2.19 bits per heavy atom. The summed E-state index contributed by atoms with van der Waals surface area (Å²) in [4.78, 5) is 15.0. The fraction of sp³-hybridized carbons (Fsp3) is 0.364. The summed E-state index contributed by atoms with van der Waals surface area (Å²) in [6, 6.07) is 15.6. The molecule has 2 aromatic carbocycles. The standard InChI is InChI=1S/C22H27NO2S2/c1-5-23(6-2)22(26)27-21(18-9-7-16(3)8-10-18)15-20(24)17-11-13-19(25-4)14-12-17/h7-14,21H,5-6,15H2,1-4H3. The van der Waals surface area contributed by atoms with Gasteiger partial charge in [0.1, 0.15) is 10.1 Å². The molecule has 0 radical (unpaired) electrons. The van der Waals surface area contributed by atoms with Crippen LogP contribution in [0.3, 0.4) is 0 Å². The fourth-order valence-electron chi connectivity index (χ4n) is 2.75. The topological polar surface area (TPSA) is 29.5 Å². The molecule has 1 unspecified atom stereocenters. The van der Waals surface area contributed by atoms with Crippen LogP contribution in [0.4, 0.5) is 0 Å². The van der Waals surface area contributed by atoms with Crippen molar-refractivity contribution in [2.75, 3.05) is 20.2 Å². The molecule has 0 aliphatic rings. The number of thioether (sulfide) groups is 1. The van der Waals surface area contributed by atoms with Crippen LogP contribution < -0.4 is 4.74 Å². The highest BCUT2D eigenvalue weighted by Gasteiger charge is 2.21. The number of hydrogen-bond acceptors (Lipinski definition) is 4. The summed E-state index contributed by atoms with van der Waals surface area (Å²) < 4.78 is 6.02. The van der Waals surface area contributed by atoms with Gasteiger partial charge in [-0.25, -0.2) is 0 Å². The normalized spacial score (nSPS) is 11.7. The van der Waals surface area contributed by atoms with E-state index in [0.717, 1.165) is 28.7 Å². The number of carbonyl (C=O) groups excluding carboxylic acids is 1. The van der Waals surface area contributed by atoms with E-state index in [1.165, 1.54) is 5.56 Å². The van der Waals surface area contributed by atoms with Gasteiger partial charge in [0.2, 0.25) is 0 Å². The van der Waals surface area contributed by atoms with Gasteiger partial charge in [0.15, 0.2) is 5.78 Å². The van der Waals surface area contributed by atoms with Gasteiger partial charge in [-0.1, -0.05) is 53.8 Å². The molecule has 2 aromatic rings. The molecule has 0 fully saturated rings. The van der Waals surface area contributed by atoms with Gasteiger partial charge in [-0.2, -0.15) is 0 Å². The Morgan fingerprint density at radius 2 is 1.67 bits per heavy atom. The SMILES string of the molecule is CCN(CC)C(=S)SC(CC(=O)c1ccc(OC)cc1)c1ccc(C)cc1. The van der Waals surface area contributed by atoms with E-state index in [9.17, 15) is 4.79 Å². The molecular formula is C22H27NO2S2. The van der Waals surface area contributed by atoms with Crippen molar-refractivity contribution < 1.29 is 9.53 Å². The third-order valence-corrected chi connectivity index (χ3v) is 6.23. The van der Waals surface area contributed by atoms with Gasteiger partial charge in [-0.3, -0.25) is 4.79 Å². The summed E-state index contributed by atoms with van der Waals surface area (Å²) in [6.07, 6.45) is 0.404. The van der Waals surface area contributed by atoms with Crippen LogP contribution in [0.1, 0.15) is 47.0 Å². The average Bonchev–Trinajstić information content (AvgIpc) is 2.69. The van der Waals surface area contributed by atoms with Gasteiger partial charge in [-0.15, -0.1) is 0 Å². The Morgan fingerprint density at radius 1 is 1.07 bits per heavy atom. The van der Waals surface area contributed by atoms with Crippen molar-refractivity contribution in [3.8, 4) is 5.75 Å². The maximum absolute atomic E-state index is 12.9. The summed E-state index contributed by atoms with van der Waals surface area (Å²) >= 11 is 7.24. The van der Waals surface area contributed by atoms with E-state index in [4.69, 9.17) is 17.0 Å². The van der Waals surface area contributed by atoms with E-state index in [1.54, 1.807) is 18.9 Å². The molecule has 5 heteroatoms. The van der Waals surface area contributed by atoms with Crippen LogP contribution in [0, 0.1) is 6.92 Å². The van der Waals surface area contributed by atoms with Crippen molar-refractivity contribution in [3.05, 3.63) is 65.2 Å². The number of rotatable bonds is 8. The summed E-state index contributed by atoms with van der Waals surface area (Å²) in [5, 5.41) is -0.00620. The number of Topliss-reactive ketones (excluding diaryl/α,β-unsaturated/α-hetero) is 1. The maximum Gasteiger partial charge on any atom is 0.164 e. The highest BCUT2D eigenvalue weighted by atomic mass is 32.2. The van der Waals surface area contributed by atoms with Crippen molar-refractivity contribution in [2.24, 2.45) is 0 Å².